The van der Waals surface area contributed by atoms with Crippen LogP contribution in [0.15, 0.2) is 12.1 Å². The van der Waals surface area contributed by atoms with Crippen LogP contribution in [0.5, 0.6) is 0 Å². The summed E-state index contributed by atoms with van der Waals surface area (Å²) in [7, 11) is 0. The fraction of sp³-hybridized carbons (Fsp3) is 0.462. The molecule has 4 nitrogen and oxygen atoms in total. The van der Waals surface area contributed by atoms with Crippen LogP contribution >= 0.6 is 23.4 Å². The van der Waals surface area contributed by atoms with E-state index in [1.54, 1.807) is 6.07 Å². The molecule has 0 radical (unpaired) electrons. The first-order chi connectivity index (χ1) is 8.95. The van der Waals surface area contributed by atoms with Gasteiger partial charge in [0.25, 0.3) is 0 Å². The first-order valence-corrected chi connectivity index (χ1v) is 7.65. The van der Waals surface area contributed by atoms with Gasteiger partial charge in [0.05, 0.1) is 16.3 Å². The standard InChI is InChI=1S/C13H19ClN2O2S/c1-3-19-5-4-8(2)16-12-10(13(17)18)6-9(15)7-11(12)14/h6-8,16H,3-5,15H2,1-2H3,(H,17,18). The molecule has 1 atom stereocenters. The van der Waals surface area contributed by atoms with E-state index in [2.05, 4.69) is 12.2 Å². The number of hydrogen-bond acceptors (Lipinski definition) is 4. The molecule has 0 aliphatic rings. The van der Waals surface area contributed by atoms with Crippen molar-refractivity contribution in [1.82, 2.24) is 0 Å². The van der Waals surface area contributed by atoms with E-state index in [4.69, 9.17) is 17.3 Å². The predicted octanol–water partition coefficient (Wildman–Crippen LogP) is 3.56. The molecule has 0 aliphatic heterocycles. The zero-order valence-electron chi connectivity index (χ0n) is 11.1. The fourth-order valence-electron chi connectivity index (χ4n) is 1.67. The van der Waals surface area contributed by atoms with E-state index in [1.807, 2.05) is 18.7 Å². The average molecular weight is 303 g/mol. The maximum atomic E-state index is 11.2. The van der Waals surface area contributed by atoms with E-state index in [-0.39, 0.29) is 11.6 Å². The second kappa shape index (κ2) is 7.50. The van der Waals surface area contributed by atoms with Crippen LogP contribution in [0.25, 0.3) is 0 Å². The average Bonchev–Trinajstić information content (AvgIpc) is 2.32. The highest BCUT2D eigenvalue weighted by Gasteiger charge is 2.16. The molecular weight excluding hydrogens is 284 g/mol. The summed E-state index contributed by atoms with van der Waals surface area (Å²) in [6.45, 7) is 4.12. The Balaban J connectivity index is 2.84. The number of thioether (sulfide) groups is 1. The molecule has 0 saturated heterocycles. The largest absolute Gasteiger partial charge is 0.478 e. The number of carboxylic acid groups (broad SMARTS) is 1. The quantitative estimate of drug-likeness (QED) is 0.530. The lowest BCUT2D eigenvalue weighted by atomic mass is 10.1. The van der Waals surface area contributed by atoms with Gasteiger partial charge >= 0.3 is 5.97 Å². The van der Waals surface area contributed by atoms with Crippen LogP contribution in [0.1, 0.15) is 30.6 Å². The molecule has 0 aromatic heterocycles. The third-order valence-electron chi connectivity index (χ3n) is 2.63. The van der Waals surface area contributed by atoms with Gasteiger partial charge in [-0.2, -0.15) is 11.8 Å². The normalized spacial score (nSPS) is 12.2. The van der Waals surface area contributed by atoms with Crippen molar-refractivity contribution >= 4 is 40.7 Å². The number of nitrogen functional groups attached to an aromatic ring is 1. The van der Waals surface area contributed by atoms with Gasteiger partial charge in [0.15, 0.2) is 0 Å². The molecule has 1 aromatic rings. The second-order valence-electron chi connectivity index (χ2n) is 4.26. The number of nitrogens with one attached hydrogen (secondary N) is 1. The molecule has 0 fully saturated rings. The van der Waals surface area contributed by atoms with Crippen molar-refractivity contribution in [2.75, 3.05) is 22.6 Å². The summed E-state index contributed by atoms with van der Waals surface area (Å²) in [5.74, 6) is 1.07. The number of rotatable bonds is 7. The van der Waals surface area contributed by atoms with Gasteiger partial charge in [0, 0.05) is 11.7 Å². The molecule has 0 saturated carbocycles. The molecular formula is C13H19ClN2O2S. The Morgan fingerprint density at radius 1 is 1.58 bits per heavy atom. The van der Waals surface area contributed by atoms with Crippen molar-refractivity contribution in [2.45, 2.75) is 26.3 Å². The van der Waals surface area contributed by atoms with Gasteiger partial charge in [-0.25, -0.2) is 4.79 Å². The highest BCUT2D eigenvalue weighted by molar-refractivity contribution is 7.99. The maximum Gasteiger partial charge on any atom is 0.337 e. The molecule has 1 aromatic carbocycles. The Bertz CT molecular complexity index is 455. The lowest BCUT2D eigenvalue weighted by Gasteiger charge is -2.18. The SMILES string of the molecule is CCSCCC(C)Nc1c(Cl)cc(N)cc1C(=O)O. The van der Waals surface area contributed by atoms with Gasteiger partial charge in [0.1, 0.15) is 0 Å². The molecule has 0 spiro atoms. The summed E-state index contributed by atoms with van der Waals surface area (Å²) < 4.78 is 0. The minimum absolute atomic E-state index is 0.111. The minimum Gasteiger partial charge on any atom is -0.478 e. The summed E-state index contributed by atoms with van der Waals surface area (Å²) >= 11 is 7.93. The Hall–Kier alpha value is -1.07. The van der Waals surface area contributed by atoms with Crippen molar-refractivity contribution in [1.29, 1.82) is 0 Å². The zero-order valence-corrected chi connectivity index (χ0v) is 12.6. The van der Waals surface area contributed by atoms with E-state index >= 15 is 0 Å². The Morgan fingerprint density at radius 3 is 2.84 bits per heavy atom. The van der Waals surface area contributed by atoms with Crippen LogP contribution in [0, 0.1) is 0 Å². The smallest absolute Gasteiger partial charge is 0.337 e. The Morgan fingerprint density at radius 2 is 2.26 bits per heavy atom. The summed E-state index contributed by atoms with van der Waals surface area (Å²) in [6.07, 6.45) is 0.943. The third kappa shape index (κ3) is 4.84. The van der Waals surface area contributed by atoms with E-state index in [0.717, 1.165) is 17.9 Å². The van der Waals surface area contributed by atoms with Crippen molar-refractivity contribution in [3.8, 4) is 0 Å². The van der Waals surface area contributed by atoms with Gasteiger partial charge in [0.2, 0.25) is 0 Å². The van der Waals surface area contributed by atoms with Gasteiger partial charge in [-0.3, -0.25) is 0 Å². The number of nitrogens with two attached hydrogens (primary N) is 1. The lowest BCUT2D eigenvalue weighted by Crippen LogP contribution is -2.18. The predicted molar refractivity (Wildman–Crippen MR) is 83.5 cm³/mol. The van der Waals surface area contributed by atoms with E-state index < -0.39 is 5.97 Å². The molecule has 0 amide bonds. The number of carbonyl (C=O) groups is 1. The summed E-state index contributed by atoms with van der Waals surface area (Å²) in [4.78, 5) is 11.2. The van der Waals surface area contributed by atoms with Crippen LogP contribution in [0.3, 0.4) is 0 Å². The summed E-state index contributed by atoms with van der Waals surface area (Å²) in [6, 6.07) is 3.13. The van der Waals surface area contributed by atoms with Gasteiger partial charge in [-0.05, 0) is 37.0 Å². The van der Waals surface area contributed by atoms with Crippen molar-refractivity contribution in [3.05, 3.63) is 22.7 Å². The van der Waals surface area contributed by atoms with Gasteiger partial charge in [-0.1, -0.05) is 18.5 Å². The number of anilines is 2. The number of benzene rings is 1. The highest BCUT2D eigenvalue weighted by Crippen LogP contribution is 2.30. The van der Waals surface area contributed by atoms with Crippen LogP contribution < -0.4 is 11.1 Å². The van der Waals surface area contributed by atoms with Crippen molar-refractivity contribution in [2.24, 2.45) is 0 Å². The minimum atomic E-state index is -1.04. The van der Waals surface area contributed by atoms with E-state index in [1.165, 1.54) is 6.07 Å². The maximum absolute atomic E-state index is 11.2. The molecule has 0 bridgehead atoms. The van der Waals surface area contributed by atoms with Crippen molar-refractivity contribution < 1.29 is 9.90 Å². The first kappa shape index (κ1) is 16.0. The van der Waals surface area contributed by atoms with Crippen LogP contribution in [-0.2, 0) is 0 Å². The Labute approximate surface area is 122 Å². The van der Waals surface area contributed by atoms with Crippen LogP contribution in [0.4, 0.5) is 11.4 Å². The monoisotopic (exact) mass is 302 g/mol. The zero-order chi connectivity index (χ0) is 14.4. The van der Waals surface area contributed by atoms with E-state index in [0.29, 0.717) is 16.4 Å². The topological polar surface area (TPSA) is 75.3 Å². The number of hydrogen-bond donors (Lipinski definition) is 3. The molecule has 6 heteroatoms. The second-order valence-corrected chi connectivity index (χ2v) is 6.06. The van der Waals surface area contributed by atoms with Gasteiger partial charge in [-0.15, -0.1) is 0 Å². The lowest BCUT2D eigenvalue weighted by molar-refractivity contribution is 0.0698. The van der Waals surface area contributed by atoms with Crippen LogP contribution in [0.2, 0.25) is 5.02 Å². The summed E-state index contributed by atoms with van der Waals surface area (Å²) in [5, 5.41) is 12.7. The number of aromatic carboxylic acids is 1. The number of halogens is 1. The molecule has 1 rings (SSSR count). The molecule has 0 aliphatic carbocycles. The first-order valence-electron chi connectivity index (χ1n) is 6.12. The molecule has 0 heterocycles. The molecule has 4 N–H and O–H groups in total. The van der Waals surface area contributed by atoms with Crippen molar-refractivity contribution in [3.63, 3.8) is 0 Å². The van der Waals surface area contributed by atoms with E-state index in [9.17, 15) is 9.90 Å². The third-order valence-corrected chi connectivity index (χ3v) is 3.86. The fourth-order valence-corrected chi connectivity index (χ4v) is 2.76. The van der Waals surface area contributed by atoms with Crippen LogP contribution in [-0.4, -0.2) is 28.6 Å². The highest BCUT2D eigenvalue weighted by atomic mass is 35.5. The molecule has 1 unspecified atom stereocenters. The van der Waals surface area contributed by atoms with Gasteiger partial charge < -0.3 is 16.2 Å². The number of carboxylic acids is 1. The molecule has 19 heavy (non-hydrogen) atoms. The Kier molecular flexibility index (Phi) is 6.31. The summed E-state index contributed by atoms with van der Waals surface area (Å²) in [5.41, 5.74) is 6.52. The molecule has 106 valence electrons.